The Bertz CT molecular complexity index is 467. The second kappa shape index (κ2) is 5.93. The largest absolute Gasteiger partial charge is 0.508 e. The third-order valence-electron chi connectivity index (χ3n) is 3.51. The molecular weight excluding hydrogens is 246 g/mol. The average Bonchev–Trinajstić information content (AvgIpc) is 2.42. The first kappa shape index (κ1) is 13.7. The number of phenols is 2. The molecule has 2 rings (SSSR count). The molecular formula is C14H19NO4. The quantitative estimate of drug-likeness (QED) is 0.720. The lowest BCUT2D eigenvalue weighted by Crippen LogP contribution is -2.30. The van der Waals surface area contributed by atoms with Crippen LogP contribution in [0.3, 0.4) is 0 Å². The van der Waals surface area contributed by atoms with Crippen LogP contribution < -0.4 is 5.32 Å². The predicted octanol–water partition coefficient (Wildman–Crippen LogP) is 1.43. The van der Waals surface area contributed by atoms with E-state index in [1.807, 2.05) is 0 Å². The van der Waals surface area contributed by atoms with Crippen LogP contribution in [0, 0.1) is 5.92 Å². The van der Waals surface area contributed by atoms with Crippen molar-refractivity contribution in [3.8, 4) is 11.5 Å². The van der Waals surface area contributed by atoms with Crippen molar-refractivity contribution in [2.45, 2.75) is 19.3 Å². The number of piperidine rings is 1. The number of carbonyl (C=O) groups is 1. The predicted molar refractivity (Wildman–Crippen MR) is 70.4 cm³/mol. The maximum absolute atomic E-state index is 11.5. The zero-order valence-electron chi connectivity index (χ0n) is 11.0. The summed E-state index contributed by atoms with van der Waals surface area (Å²) in [5.74, 6) is -0.388. The number of carbonyl (C=O) groups excluding carboxylic acids is 1. The molecule has 1 heterocycles. The van der Waals surface area contributed by atoms with E-state index >= 15 is 0 Å². The summed E-state index contributed by atoms with van der Waals surface area (Å²) in [5, 5.41) is 22.8. The molecule has 0 spiro atoms. The van der Waals surface area contributed by atoms with E-state index in [-0.39, 0.29) is 17.1 Å². The first-order valence-electron chi connectivity index (χ1n) is 6.45. The maximum Gasteiger partial charge on any atom is 0.341 e. The highest BCUT2D eigenvalue weighted by molar-refractivity contribution is 5.92. The van der Waals surface area contributed by atoms with Crippen molar-refractivity contribution in [2.75, 3.05) is 20.2 Å². The topological polar surface area (TPSA) is 78.8 Å². The molecule has 5 heteroatoms. The molecule has 1 atom stereocenters. The molecule has 0 bridgehead atoms. The van der Waals surface area contributed by atoms with Crippen LogP contribution in [0.4, 0.5) is 0 Å². The number of esters is 1. The molecule has 5 nitrogen and oxygen atoms in total. The van der Waals surface area contributed by atoms with Crippen LogP contribution in [0.1, 0.15) is 28.8 Å². The summed E-state index contributed by atoms with van der Waals surface area (Å²) in [5.41, 5.74) is 0.769. The normalized spacial score (nSPS) is 19.1. The summed E-state index contributed by atoms with van der Waals surface area (Å²) in [4.78, 5) is 11.5. The lowest BCUT2D eigenvalue weighted by atomic mass is 9.91. The second-order valence-electron chi connectivity index (χ2n) is 4.91. The van der Waals surface area contributed by atoms with Gasteiger partial charge in [-0.15, -0.1) is 0 Å². The minimum absolute atomic E-state index is 0.0238. The molecule has 0 radical (unpaired) electrons. The molecule has 1 saturated heterocycles. The molecule has 1 aliphatic heterocycles. The highest BCUT2D eigenvalue weighted by atomic mass is 16.5. The van der Waals surface area contributed by atoms with E-state index in [9.17, 15) is 15.0 Å². The lowest BCUT2D eigenvalue weighted by Gasteiger charge is -2.23. The minimum atomic E-state index is -0.597. The molecule has 1 aromatic rings. The van der Waals surface area contributed by atoms with E-state index in [0.29, 0.717) is 17.9 Å². The fraction of sp³-hybridized carbons (Fsp3) is 0.500. The number of ether oxygens (including phenoxy) is 1. The monoisotopic (exact) mass is 265 g/mol. The molecule has 1 fully saturated rings. The number of aromatic hydroxyl groups is 2. The van der Waals surface area contributed by atoms with Gasteiger partial charge in [-0.1, -0.05) is 0 Å². The van der Waals surface area contributed by atoms with E-state index < -0.39 is 5.97 Å². The van der Waals surface area contributed by atoms with Gasteiger partial charge in [0.1, 0.15) is 17.1 Å². The van der Waals surface area contributed by atoms with Gasteiger partial charge in [-0.3, -0.25) is 0 Å². The number of phenolic OH excluding ortho intramolecular Hbond substituents is 2. The zero-order valence-corrected chi connectivity index (χ0v) is 11.0. The Balaban J connectivity index is 2.21. The Morgan fingerprint density at radius 3 is 2.84 bits per heavy atom. The van der Waals surface area contributed by atoms with Crippen LogP contribution in [-0.4, -0.2) is 36.4 Å². The van der Waals surface area contributed by atoms with Crippen molar-refractivity contribution in [2.24, 2.45) is 5.92 Å². The van der Waals surface area contributed by atoms with Gasteiger partial charge in [0.05, 0.1) is 7.11 Å². The Kier molecular flexibility index (Phi) is 4.27. The summed E-state index contributed by atoms with van der Waals surface area (Å²) in [6.07, 6.45) is 2.90. The van der Waals surface area contributed by atoms with Gasteiger partial charge in [0, 0.05) is 6.07 Å². The van der Waals surface area contributed by atoms with Gasteiger partial charge in [0.2, 0.25) is 0 Å². The van der Waals surface area contributed by atoms with Gasteiger partial charge >= 0.3 is 5.97 Å². The fourth-order valence-electron chi connectivity index (χ4n) is 2.47. The summed E-state index contributed by atoms with van der Waals surface area (Å²) in [7, 11) is 1.26. The molecule has 3 N–H and O–H groups in total. The maximum atomic E-state index is 11.5. The lowest BCUT2D eigenvalue weighted by molar-refractivity contribution is 0.0597. The standard InChI is InChI=1S/C14H19NO4/c1-19-14(18)11-6-10(12(16)7-13(11)17)5-9-3-2-4-15-8-9/h6-7,9,15-17H,2-5,8H2,1H3. The van der Waals surface area contributed by atoms with Crippen molar-refractivity contribution in [1.29, 1.82) is 0 Å². The molecule has 0 amide bonds. The van der Waals surface area contributed by atoms with Crippen molar-refractivity contribution < 1.29 is 19.7 Å². The highest BCUT2D eigenvalue weighted by Crippen LogP contribution is 2.30. The van der Waals surface area contributed by atoms with Crippen LogP contribution in [0.5, 0.6) is 11.5 Å². The van der Waals surface area contributed by atoms with Gasteiger partial charge in [-0.25, -0.2) is 4.79 Å². The molecule has 1 aromatic carbocycles. The Labute approximate surface area is 112 Å². The van der Waals surface area contributed by atoms with Gasteiger partial charge in [-0.2, -0.15) is 0 Å². The summed E-state index contributed by atoms with van der Waals surface area (Å²) in [6, 6.07) is 2.73. The Morgan fingerprint density at radius 1 is 1.42 bits per heavy atom. The van der Waals surface area contributed by atoms with Crippen LogP contribution in [0.25, 0.3) is 0 Å². The SMILES string of the molecule is COC(=O)c1cc(CC2CCCNC2)c(O)cc1O. The number of hydrogen-bond acceptors (Lipinski definition) is 5. The van der Waals surface area contributed by atoms with Gasteiger partial charge in [-0.05, 0) is 49.9 Å². The summed E-state index contributed by atoms with van der Waals surface area (Å²) >= 11 is 0. The van der Waals surface area contributed by atoms with Gasteiger partial charge in [0.15, 0.2) is 0 Å². The third kappa shape index (κ3) is 3.17. The van der Waals surface area contributed by atoms with Crippen molar-refractivity contribution in [1.82, 2.24) is 5.32 Å². The molecule has 1 aliphatic rings. The smallest absolute Gasteiger partial charge is 0.341 e. The summed E-state index contributed by atoms with van der Waals surface area (Å²) < 4.78 is 4.61. The van der Waals surface area contributed by atoms with Gasteiger partial charge in [0.25, 0.3) is 0 Å². The Hall–Kier alpha value is -1.75. The first-order chi connectivity index (χ1) is 9.11. The van der Waals surface area contributed by atoms with Crippen LogP contribution in [-0.2, 0) is 11.2 Å². The molecule has 0 saturated carbocycles. The van der Waals surface area contributed by atoms with Crippen molar-refractivity contribution in [3.05, 3.63) is 23.3 Å². The molecule has 1 unspecified atom stereocenters. The molecule has 0 aliphatic carbocycles. The number of nitrogens with one attached hydrogen (secondary N) is 1. The molecule has 0 aromatic heterocycles. The van der Waals surface area contributed by atoms with E-state index in [1.54, 1.807) is 0 Å². The average molecular weight is 265 g/mol. The number of methoxy groups -OCH3 is 1. The van der Waals surface area contributed by atoms with Crippen molar-refractivity contribution >= 4 is 5.97 Å². The highest BCUT2D eigenvalue weighted by Gasteiger charge is 2.19. The van der Waals surface area contributed by atoms with Crippen LogP contribution in [0.15, 0.2) is 12.1 Å². The molecule has 104 valence electrons. The molecule has 19 heavy (non-hydrogen) atoms. The van der Waals surface area contributed by atoms with E-state index in [4.69, 9.17) is 0 Å². The van der Waals surface area contributed by atoms with Crippen LogP contribution in [0.2, 0.25) is 0 Å². The minimum Gasteiger partial charge on any atom is -0.508 e. The third-order valence-corrected chi connectivity index (χ3v) is 3.51. The number of hydrogen-bond donors (Lipinski definition) is 3. The van der Waals surface area contributed by atoms with E-state index in [1.165, 1.54) is 19.2 Å². The fourth-order valence-corrected chi connectivity index (χ4v) is 2.47. The van der Waals surface area contributed by atoms with Crippen molar-refractivity contribution in [3.63, 3.8) is 0 Å². The zero-order chi connectivity index (χ0) is 13.8. The van der Waals surface area contributed by atoms with Gasteiger partial charge < -0.3 is 20.3 Å². The first-order valence-corrected chi connectivity index (χ1v) is 6.45. The second-order valence-corrected chi connectivity index (χ2v) is 4.91. The van der Waals surface area contributed by atoms with Crippen LogP contribution >= 0.6 is 0 Å². The summed E-state index contributed by atoms with van der Waals surface area (Å²) in [6.45, 7) is 1.94. The number of benzene rings is 1. The number of rotatable bonds is 3. The Morgan fingerprint density at radius 2 is 2.21 bits per heavy atom. The van der Waals surface area contributed by atoms with E-state index in [2.05, 4.69) is 10.1 Å². The van der Waals surface area contributed by atoms with E-state index in [0.717, 1.165) is 25.9 Å².